The number of rotatable bonds is 7. The molecule has 0 saturated carbocycles. The number of nitrogens with zero attached hydrogens (tertiary/aromatic N) is 5. The Labute approximate surface area is 210 Å². The first kappa shape index (κ1) is 23.6. The van der Waals surface area contributed by atoms with Gasteiger partial charge in [0, 0.05) is 44.7 Å². The second-order valence-corrected chi connectivity index (χ2v) is 8.80. The lowest BCUT2D eigenvalue weighted by Crippen LogP contribution is -2.52. The predicted molar refractivity (Wildman–Crippen MR) is 135 cm³/mol. The zero-order valence-electron chi connectivity index (χ0n) is 20.3. The number of anilines is 1. The number of amides is 2. The monoisotopic (exact) mass is 487 g/mol. The van der Waals surface area contributed by atoms with Gasteiger partial charge in [-0.25, -0.2) is 0 Å². The van der Waals surface area contributed by atoms with E-state index in [1.54, 1.807) is 4.90 Å². The highest BCUT2D eigenvalue weighted by atomic mass is 16.7. The molecule has 2 aromatic carbocycles. The van der Waals surface area contributed by atoms with Gasteiger partial charge in [0.15, 0.2) is 17.3 Å². The second-order valence-electron chi connectivity index (χ2n) is 8.80. The Balaban J connectivity index is 1.17. The quantitative estimate of drug-likeness (QED) is 0.506. The Bertz CT molecular complexity index is 1210. The Morgan fingerprint density at radius 1 is 0.917 bits per heavy atom. The number of carbonyl (C=O) groups is 2. The van der Waals surface area contributed by atoms with E-state index in [-0.39, 0.29) is 25.2 Å². The minimum atomic E-state index is -0.0616. The van der Waals surface area contributed by atoms with Crippen molar-refractivity contribution in [3.63, 3.8) is 0 Å². The predicted octanol–water partition coefficient (Wildman–Crippen LogP) is 2.96. The van der Waals surface area contributed by atoms with Gasteiger partial charge in [-0.2, -0.15) is 0 Å². The molecular weight excluding hydrogens is 458 g/mol. The summed E-state index contributed by atoms with van der Waals surface area (Å²) in [5.74, 6) is 2.04. The first-order valence-corrected chi connectivity index (χ1v) is 12.2. The van der Waals surface area contributed by atoms with E-state index in [1.165, 1.54) is 0 Å². The van der Waals surface area contributed by atoms with Crippen LogP contribution in [0.1, 0.15) is 18.9 Å². The highest BCUT2D eigenvalue weighted by Crippen LogP contribution is 2.33. The molecular formula is C27H29N5O4. The molecule has 9 nitrogen and oxygen atoms in total. The molecule has 1 aromatic heterocycles. The number of benzene rings is 2. The molecule has 5 rings (SSSR count). The van der Waals surface area contributed by atoms with Crippen LogP contribution in [-0.4, -0.2) is 71.3 Å². The summed E-state index contributed by atoms with van der Waals surface area (Å²) in [6.07, 6.45) is 0.337. The first-order chi connectivity index (χ1) is 17.6. The van der Waals surface area contributed by atoms with E-state index in [0.29, 0.717) is 50.6 Å². The van der Waals surface area contributed by atoms with Gasteiger partial charge in [-0.1, -0.05) is 43.3 Å². The smallest absolute Gasteiger partial charge is 0.242 e. The number of carbonyl (C=O) groups excluding carboxylic acids is 2. The topological polar surface area (TPSA) is 88.1 Å². The average molecular weight is 488 g/mol. The fourth-order valence-corrected chi connectivity index (χ4v) is 4.42. The van der Waals surface area contributed by atoms with Crippen LogP contribution in [-0.2, 0) is 16.1 Å². The zero-order valence-corrected chi connectivity index (χ0v) is 20.3. The molecule has 186 valence electrons. The van der Waals surface area contributed by atoms with Crippen LogP contribution in [0.25, 0.3) is 11.3 Å². The van der Waals surface area contributed by atoms with Crippen molar-refractivity contribution in [2.24, 2.45) is 0 Å². The largest absolute Gasteiger partial charge is 0.454 e. The highest BCUT2D eigenvalue weighted by molar-refractivity contribution is 5.85. The van der Waals surface area contributed by atoms with Crippen molar-refractivity contribution in [3.8, 4) is 22.8 Å². The summed E-state index contributed by atoms with van der Waals surface area (Å²) < 4.78 is 10.8. The van der Waals surface area contributed by atoms with Gasteiger partial charge in [0.05, 0.1) is 5.69 Å². The first-order valence-electron chi connectivity index (χ1n) is 12.2. The lowest BCUT2D eigenvalue weighted by molar-refractivity contribution is -0.141. The second kappa shape index (κ2) is 10.6. The van der Waals surface area contributed by atoms with Crippen LogP contribution in [0.4, 0.5) is 5.82 Å². The Kier molecular flexibility index (Phi) is 6.97. The molecule has 0 radical (unpaired) electrons. The molecule has 0 spiro atoms. The lowest BCUT2D eigenvalue weighted by atomic mass is 10.1. The van der Waals surface area contributed by atoms with Crippen LogP contribution in [0.15, 0.2) is 60.7 Å². The van der Waals surface area contributed by atoms with Gasteiger partial charge in [-0.3, -0.25) is 9.59 Å². The Morgan fingerprint density at radius 3 is 2.42 bits per heavy atom. The maximum absolute atomic E-state index is 13.1. The van der Waals surface area contributed by atoms with Crippen molar-refractivity contribution in [2.75, 3.05) is 44.4 Å². The van der Waals surface area contributed by atoms with Crippen molar-refractivity contribution < 1.29 is 19.1 Å². The number of hydrogen-bond donors (Lipinski definition) is 0. The maximum Gasteiger partial charge on any atom is 0.242 e. The van der Waals surface area contributed by atoms with Crippen LogP contribution in [0, 0.1) is 0 Å². The molecule has 2 aliphatic heterocycles. The van der Waals surface area contributed by atoms with Crippen molar-refractivity contribution in [1.29, 1.82) is 0 Å². The summed E-state index contributed by atoms with van der Waals surface area (Å²) in [4.78, 5) is 31.3. The number of fused-ring (bicyclic) bond motifs is 1. The van der Waals surface area contributed by atoms with Crippen LogP contribution >= 0.6 is 0 Å². The van der Waals surface area contributed by atoms with E-state index in [0.717, 1.165) is 22.6 Å². The van der Waals surface area contributed by atoms with E-state index in [2.05, 4.69) is 15.1 Å². The van der Waals surface area contributed by atoms with E-state index in [9.17, 15) is 9.59 Å². The highest BCUT2D eigenvalue weighted by Gasteiger charge is 2.25. The summed E-state index contributed by atoms with van der Waals surface area (Å²) in [5, 5.41) is 8.78. The molecule has 2 aliphatic rings. The van der Waals surface area contributed by atoms with Gasteiger partial charge in [0.2, 0.25) is 18.6 Å². The number of piperazine rings is 1. The summed E-state index contributed by atoms with van der Waals surface area (Å²) in [6, 6.07) is 19.5. The number of ether oxygens (including phenoxy) is 2. The maximum atomic E-state index is 13.1. The van der Waals surface area contributed by atoms with Gasteiger partial charge in [0.25, 0.3) is 0 Å². The fourth-order valence-electron chi connectivity index (χ4n) is 4.42. The molecule has 9 heteroatoms. The molecule has 3 heterocycles. The normalized spacial score (nSPS) is 14.6. The third-order valence-corrected chi connectivity index (χ3v) is 6.47. The third kappa shape index (κ3) is 5.25. The van der Waals surface area contributed by atoms with Crippen LogP contribution in [0.5, 0.6) is 11.5 Å². The van der Waals surface area contributed by atoms with Crippen LogP contribution < -0.4 is 14.4 Å². The molecule has 0 atom stereocenters. The van der Waals surface area contributed by atoms with Gasteiger partial charge >= 0.3 is 0 Å². The van der Waals surface area contributed by atoms with E-state index < -0.39 is 0 Å². The fraction of sp³-hybridized carbons (Fsp3) is 0.333. The van der Waals surface area contributed by atoms with Crippen molar-refractivity contribution in [2.45, 2.75) is 19.9 Å². The summed E-state index contributed by atoms with van der Waals surface area (Å²) in [7, 11) is 0. The third-order valence-electron chi connectivity index (χ3n) is 6.47. The van der Waals surface area contributed by atoms with Gasteiger partial charge in [-0.05, 0) is 29.8 Å². The van der Waals surface area contributed by atoms with Gasteiger partial charge in [0.1, 0.15) is 6.54 Å². The molecule has 36 heavy (non-hydrogen) atoms. The molecule has 0 aliphatic carbocycles. The molecule has 0 N–H and O–H groups in total. The SMILES string of the molecule is CCC(=O)N(CC(=O)N1CCN(c2ccc(-c3ccccc3)nn2)CC1)Cc1ccc2c(c1)OCO2. The standard InChI is InChI=1S/C27H29N5O4/c1-2-26(33)32(17-20-8-10-23-24(16-20)36-19-35-23)18-27(34)31-14-12-30(13-15-31)25-11-9-22(28-29-25)21-6-4-3-5-7-21/h3-11,16H,2,12-15,17-19H2,1H3. The van der Waals surface area contributed by atoms with Gasteiger partial charge < -0.3 is 24.2 Å². The summed E-state index contributed by atoms with van der Waals surface area (Å²) in [5.41, 5.74) is 2.76. The molecule has 0 bridgehead atoms. The molecule has 1 saturated heterocycles. The Hall–Kier alpha value is -4.14. The number of hydrogen-bond acceptors (Lipinski definition) is 7. The zero-order chi connectivity index (χ0) is 24.9. The molecule has 2 amide bonds. The lowest BCUT2D eigenvalue weighted by Gasteiger charge is -2.36. The van der Waals surface area contributed by atoms with Crippen LogP contribution in [0.3, 0.4) is 0 Å². The van der Waals surface area contributed by atoms with Crippen LogP contribution in [0.2, 0.25) is 0 Å². The average Bonchev–Trinajstić information content (AvgIpc) is 3.41. The molecule has 3 aromatic rings. The minimum Gasteiger partial charge on any atom is -0.454 e. The van der Waals surface area contributed by atoms with E-state index >= 15 is 0 Å². The van der Waals surface area contributed by atoms with Crippen molar-refractivity contribution in [3.05, 3.63) is 66.2 Å². The molecule has 1 fully saturated rings. The van der Waals surface area contributed by atoms with Gasteiger partial charge in [-0.15, -0.1) is 10.2 Å². The number of aromatic nitrogens is 2. The molecule has 0 unspecified atom stereocenters. The van der Waals surface area contributed by atoms with Crippen molar-refractivity contribution in [1.82, 2.24) is 20.0 Å². The minimum absolute atomic E-state index is 0.0483. The van der Waals surface area contributed by atoms with E-state index in [4.69, 9.17) is 9.47 Å². The van der Waals surface area contributed by atoms with E-state index in [1.807, 2.05) is 72.5 Å². The summed E-state index contributed by atoms with van der Waals surface area (Å²) in [6.45, 7) is 4.86. The Morgan fingerprint density at radius 2 is 1.69 bits per heavy atom. The van der Waals surface area contributed by atoms with Crippen molar-refractivity contribution >= 4 is 17.6 Å². The summed E-state index contributed by atoms with van der Waals surface area (Å²) >= 11 is 0.